The standard InChI is InChI=1S/C10H16ClN3S/c1-2-14(8-3-4-12-5-8)7-10-13-6-9(11)15-10/h6,8,12H,2-5,7H2,1H3. The lowest BCUT2D eigenvalue weighted by Crippen LogP contribution is -2.36. The number of hydrogen-bond donors (Lipinski definition) is 1. The first-order chi connectivity index (χ1) is 7.29. The molecule has 1 atom stereocenters. The van der Waals surface area contributed by atoms with Crippen LogP contribution in [0.4, 0.5) is 0 Å². The van der Waals surface area contributed by atoms with Crippen molar-refractivity contribution in [1.29, 1.82) is 0 Å². The van der Waals surface area contributed by atoms with Crippen LogP contribution in [0.1, 0.15) is 18.4 Å². The topological polar surface area (TPSA) is 28.2 Å². The predicted octanol–water partition coefficient (Wildman–Crippen LogP) is 1.98. The van der Waals surface area contributed by atoms with Gasteiger partial charge in [0.1, 0.15) is 9.34 Å². The number of nitrogens with one attached hydrogen (secondary N) is 1. The lowest BCUT2D eigenvalue weighted by atomic mass is 10.2. The number of hydrogen-bond acceptors (Lipinski definition) is 4. The van der Waals surface area contributed by atoms with Crippen LogP contribution in [0.2, 0.25) is 4.34 Å². The second-order valence-electron chi connectivity index (χ2n) is 3.77. The maximum Gasteiger partial charge on any atom is 0.113 e. The molecule has 1 saturated heterocycles. The lowest BCUT2D eigenvalue weighted by molar-refractivity contribution is 0.210. The van der Waals surface area contributed by atoms with E-state index in [4.69, 9.17) is 11.6 Å². The number of likely N-dealkylation sites (N-methyl/N-ethyl adjacent to an activating group) is 1. The SMILES string of the molecule is CCN(Cc1ncc(Cl)s1)C1CCNC1. The third-order valence-electron chi connectivity index (χ3n) is 2.82. The van der Waals surface area contributed by atoms with E-state index in [1.807, 2.05) is 0 Å². The van der Waals surface area contributed by atoms with Crippen LogP contribution >= 0.6 is 22.9 Å². The minimum atomic E-state index is 0.665. The first-order valence-electron chi connectivity index (χ1n) is 5.34. The molecule has 0 saturated carbocycles. The molecular formula is C10H16ClN3S. The largest absolute Gasteiger partial charge is 0.315 e. The third kappa shape index (κ3) is 2.91. The van der Waals surface area contributed by atoms with Crippen LogP contribution in [0.15, 0.2) is 6.20 Å². The summed E-state index contributed by atoms with van der Waals surface area (Å²) >= 11 is 7.45. The lowest BCUT2D eigenvalue weighted by Gasteiger charge is -2.25. The van der Waals surface area contributed by atoms with Crippen molar-refractivity contribution in [1.82, 2.24) is 15.2 Å². The fourth-order valence-electron chi connectivity index (χ4n) is 1.99. The molecule has 5 heteroatoms. The molecule has 1 aromatic rings. The minimum Gasteiger partial charge on any atom is -0.315 e. The summed E-state index contributed by atoms with van der Waals surface area (Å²) < 4.78 is 0.783. The molecule has 0 aromatic carbocycles. The second kappa shape index (κ2) is 5.25. The van der Waals surface area contributed by atoms with Crippen molar-refractivity contribution in [2.24, 2.45) is 0 Å². The zero-order chi connectivity index (χ0) is 10.7. The second-order valence-corrected chi connectivity index (χ2v) is 5.51. The zero-order valence-electron chi connectivity index (χ0n) is 8.87. The van der Waals surface area contributed by atoms with Gasteiger partial charge < -0.3 is 5.32 Å². The van der Waals surface area contributed by atoms with Crippen LogP contribution in [0.25, 0.3) is 0 Å². The molecule has 2 heterocycles. The normalized spacial score (nSPS) is 21.4. The van der Waals surface area contributed by atoms with E-state index in [1.54, 1.807) is 17.5 Å². The van der Waals surface area contributed by atoms with Crippen LogP contribution in [-0.2, 0) is 6.54 Å². The summed E-state index contributed by atoms with van der Waals surface area (Å²) in [6, 6.07) is 0.665. The van der Waals surface area contributed by atoms with E-state index in [0.717, 1.165) is 35.5 Å². The number of thiazole rings is 1. The molecule has 0 aliphatic carbocycles. The van der Waals surface area contributed by atoms with Crippen molar-refractivity contribution in [3.63, 3.8) is 0 Å². The Labute approximate surface area is 99.5 Å². The molecule has 3 nitrogen and oxygen atoms in total. The smallest absolute Gasteiger partial charge is 0.113 e. The summed E-state index contributed by atoms with van der Waals surface area (Å²) in [5.74, 6) is 0. The van der Waals surface area contributed by atoms with E-state index >= 15 is 0 Å². The highest BCUT2D eigenvalue weighted by Crippen LogP contribution is 2.21. The molecule has 0 bridgehead atoms. The molecule has 2 rings (SSSR count). The van der Waals surface area contributed by atoms with Gasteiger partial charge in [-0.15, -0.1) is 11.3 Å². The predicted molar refractivity (Wildman–Crippen MR) is 64.5 cm³/mol. The van der Waals surface area contributed by atoms with E-state index in [0.29, 0.717) is 6.04 Å². The molecule has 1 fully saturated rings. The zero-order valence-corrected chi connectivity index (χ0v) is 10.4. The van der Waals surface area contributed by atoms with Crippen molar-refractivity contribution in [2.45, 2.75) is 25.9 Å². The van der Waals surface area contributed by atoms with Crippen molar-refractivity contribution < 1.29 is 0 Å². The Morgan fingerprint density at radius 3 is 3.13 bits per heavy atom. The number of nitrogens with zero attached hydrogens (tertiary/aromatic N) is 2. The minimum absolute atomic E-state index is 0.665. The summed E-state index contributed by atoms with van der Waals surface area (Å²) in [6.07, 6.45) is 2.98. The number of halogens is 1. The van der Waals surface area contributed by atoms with Gasteiger partial charge in [-0.05, 0) is 19.5 Å². The highest BCUT2D eigenvalue weighted by Gasteiger charge is 2.21. The molecule has 0 amide bonds. The average molecular weight is 246 g/mol. The summed E-state index contributed by atoms with van der Waals surface area (Å²) in [5.41, 5.74) is 0. The van der Waals surface area contributed by atoms with Crippen molar-refractivity contribution in [2.75, 3.05) is 19.6 Å². The van der Waals surface area contributed by atoms with Crippen LogP contribution in [0, 0.1) is 0 Å². The summed E-state index contributed by atoms with van der Waals surface area (Å²) in [7, 11) is 0. The Kier molecular flexibility index (Phi) is 3.97. The van der Waals surface area contributed by atoms with Gasteiger partial charge >= 0.3 is 0 Å². The Balaban J connectivity index is 1.95. The summed E-state index contributed by atoms with van der Waals surface area (Å²) in [4.78, 5) is 6.77. The molecule has 0 radical (unpaired) electrons. The summed E-state index contributed by atoms with van der Waals surface area (Å²) in [5, 5.41) is 4.51. The molecule has 1 unspecified atom stereocenters. The molecule has 1 aliphatic heterocycles. The first-order valence-corrected chi connectivity index (χ1v) is 6.54. The molecular weight excluding hydrogens is 230 g/mol. The highest BCUT2D eigenvalue weighted by molar-refractivity contribution is 7.15. The van der Waals surface area contributed by atoms with Gasteiger partial charge in [0.2, 0.25) is 0 Å². The van der Waals surface area contributed by atoms with Gasteiger partial charge in [-0.1, -0.05) is 18.5 Å². The molecule has 1 aromatic heterocycles. The van der Waals surface area contributed by atoms with Gasteiger partial charge in [-0.25, -0.2) is 4.98 Å². The molecule has 84 valence electrons. The highest BCUT2D eigenvalue weighted by atomic mass is 35.5. The Morgan fingerprint density at radius 1 is 1.73 bits per heavy atom. The van der Waals surface area contributed by atoms with E-state index in [9.17, 15) is 0 Å². The van der Waals surface area contributed by atoms with Crippen molar-refractivity contribution in [3.8, 4) is 0 Å². The van der Waals surface area contributed by atoms with Gasteiger partial charge in [-0.2, -0.15) is 0 Å². The summed E-state index contributed by atoms with van der Waals surface area (Å²) in [6.45, 7) is 6.45. The van der Waals surface area contributed by atoms with Gasteiger partial charge in [0.25, 0.3) is 0 Å². The molecule has 1 N–H and O–H groups in total. The Bertz CT molecular complexity index is 309. The van der Waals surface area contributed by atoms with Gasteiger partial charge in [0.15, 0.2) is 0 Å². The first kappa shape index (κ1) is 11.3. The number of rotatable bonds is 4. The maximum absolute atomic E-state index is 5.87. The van der Waals surface area contributed by atoms with Crippen molar-refractivity contribution >= 4 is 22.9 Å². The molecule has 1 aliphatic rings. The van der Waals surface area contributed by atoms with Crippen molar-refractivity contribution in [3.05, 3.63) is 15.5 Å². The Morgan fingerprint density at radius 2 is 2.60 bits per heavy atom. The number of aromatic nitrogens is 1. The van der Waals surface area contributed by atoms with Gasteiger partial charge in [0, 0.05) is 12.6 Å². The average Bonchev–Trinajstić information content (AvgIpc) is 2.85. The van der Waals surface area contributed by atoms with Crippen LogP contribution in [0.3, 0.4) is 0 Å². The quantitative estimate of drug-likeness (QED) is 0.879. The Hall–Kier alpha value is -0.160. The molecule has 0 spiro atoms. The molecule has 15 heavy (non-hydrogen) atoms. The van der Waals surface area contributed by atoms with E-state index in [-0.39, 0.29) is 0 Å². The monoisotopic (exact) mass is 245 g/mol. The van der Waals surface area contributed by atoms with E-state index in [2.05, 4.69) is 22.1 Å². The maximum atomic E-state index is 5.87. The van der Waals surface area contributed by atoms with Crippen LogP contribution < -0.4 is 5.32 Å². The van der Waals surface area contributed by atoms with Gasteiger partial charge in [0.05, 0.1) is 12.7 Å². The van der Waals surface area contributed by atoms with Gasteiger partial charge in [-0.3, -0.25) is 4.90 Å². The third-order valence-corrected chi connectivity index (χ3v) is 3.92. The fourth-order valence-corrected chi connectivity index (χ4v) is 2.97. The van der Waals surface area contributed by atoms with Crippen LogP contribution in [0.5, 0.6) is 0 Å². The van der Waals surface area contributed by atoms with E-state index < -0.39 is 0 Å². The fraction of sp³-hybridized carbons (Fsp3) is 0.700. The van der Waals surface area contributed by atoms with E-state index in [1.165, 1.54) is 6.42 Å². The van der Waals surface area contributed by atoms with Crippen LogP contribution in [-0.4, -0.2) is 35.6 Å².